The monoisotopic (exact) mass is 511 g/mol. The molecule has 0 fully saturated rings. The highest BCUT2D eigenvalue weighted by Gasteiger charge is 2.12. The van der Waals surface area contributed by atoms with Crippen molar-refractivity contribution < 1.29 is 19.0 Å². The molecule has 172 valence electrons. The van der Waals surface area contributed by atoms with Crippen LogP contribution in [0.25, 0.3) is 0 Å². The Morgan fingerprint density at radius 2 is 1.79 bits per heavy atom. The molecule has 2 amide bonds. The first kappa shape index (κ1) is 24.1. The number of hydrogen-bond donors (Lipinski definition) is 2. The van der Waals surface area contributed by atoms with E-state index in [1.54, 1.807) is 18.2 Å². The molecule has 33 heavy (non-hydrogen) atoms. The summed E-state index contributed by atoms with van der Waals surface area (Å²) in [6.07, 6.45) is 1.53. The third-order valence-corrected chi connectivity index (χ3v) is 4.92. The number of benzene rings is 3. The molecule has 0 aliphatic rings. The van der Waals surface area contributed by atoms with E-state index in [4.69, 9.17) is 14.2 Å². The number of carbonyl (C=O) groups is 1. The van der Waals surface area contributed by atoms with E-state index in [1.165, 1.54) is 6.21 Å². The van der Waals surface area contributed by atoms with Gasteiger partial charge in [-0.3, -0.25) is 0 Å². The summed E-state index contributed by atoms with van der Waals surface area (Å²) in [5.41, 5.74) is 4.99. The van der Waals surface area contributed by atoms with Crippen LogP contribution in [0.4, 0.5) is 10.5 Å². The van der Waals surface area contributed by atoms with Gasteiger partial charge in [-0.2, -0.15) is 5.10 Å². The Morgan fingerprint density at radius 1 is 1.00 bits per heavy atom. The van der Waals surface area contributed by atoms with Gasteiger partial charge in [0.2, 0.25) is 0 Å². The number of hydrazone groups is 1. The second-order valence-corrected chi connectivity index (χ2v) is 7.82. The number of urea groups is 1. The van der Waals surface area contributed by atoms with E-state index in [-0.39, 0.29) is 0 Å². The smallest absolute Gasteiger partial charge is 0.339 e. The summed E-state index contributed by atoms with van der Waals surface area (Å²) in [5, 5.41) is 6.70. The summed E-state index contributed by atoms with van der Waals surface area (Å²) in [6, 6.07) is 20.2. The predicted octanol–water partition coefficient (Wildman–Crippen LogP) is 5.77. The first-order valence-electron chi connectivity index (χ1n) is 10.5. The molecule has 7 nitrogen and oxygen atoms in total. The van der Waals surface area contributed by atoms with Gasteiger partial charge in [-0.15, -0.1) is 0 Å². The molecule has 0 unspecified atom stereocenters. The maximum atomic E-state index is 12.0. The van der Waals surface area contributed by atoms with Crippen molar-refractivity contribution in [3.8, 4) is 17.2 Å². The zero-order valence-corrected chi connectivity index (χ0v) is 20.1. The Morgan fingerprint density at radius 3 is 2.55 bits per heavy atom. The number of aryl methyl sites for hydroxylation is 1. The van der Waals surface area contributed by atoms with Gasteiger partial charge in [0.1, 0.15) is 19.0 Å². The minimum absolute atomic E-state index is 0.348. The molecule has 2 N–H and O–H groups in total. The number of ether oxygens (including phenoxy) is 3. The van der Waals surface area contributed by atoms with Gasteiger partial charge in [-0.25, -0.2) is 10.2 Å². The highest BCUT2D eigenvalue weighted by molar-refractivity contribution is 9.10. The number of rotatable bonds is 10. The highest BCUT2D eigenvalue weighted by atomic mass is 79.9. The summed E-state index contributed by atoms with van der Waals surface area (Å²) in [5.74, 6) is 1.95. The van der Waals surface area contributed by atoms with Crippen LogP contribution < -0.4 is 25.0 Å². The third-order valence-electron chi connectivity index (χ3n) is 4.33. The van der Waals surface area contributed by atoms with E-state index in [0.717, 1.165) is 16.9 Å². The van der Waals surface area contributed by atoms with Crippen molar-refractivity contribution in [2.75, 3.05) is 25.1 Å². The van der Waals surface area contributed by atoms with Crippen LogP contribution in [-0.4, -0.2) is 32.1 Å². The molecule has 0 heterocycles. The molecule has 0 radical (unpaired) electrons. The van der Waals surface area contributed by atoms with Crippen LogP contribution in [0.1, 0.15) is 18.1 Å². The summed E-state index contributed by atoms with van der Waals surface area (Å²) >= 11 is 3.53. The van der Waals surface area contributed by atoms with E-state index in [9.17, 15) is 4.79 Å². The second kappa shape index (κ2) is 12.5. The van der Waals surface area contributed by atoms with Crippen LogP contribution in [0, 0.1) is 6.92 Å². The lowest BCUT2D eigenvalue weighted by atomic mass is 10.2. The first-order valence-corrected chi connectivity index (χ1v) is 11.3. The van der Waals surface area contributed by atoms with Gasteiger partial charge >= 0.3 is 6.03 Å². The van der Waals surface area contributed by atoms with Crippen molar-refractivity contribution in [3.05, 3.63) is 82.3 Å². The molecule has 0 bridgehead atoms. The van der Waals surface area contributed by atoms with Crippen molar-refractivity contribution in [2.24, 2.45) is 5.10 Å². The number of amides is 2. The Kier molecular flexibility index (Phi) is 9.14. The van der Waals surface area contributed by atoms with Crippen LogP contribution in [0.3, 0.4) is 0 Å². The van der Waals surface area contributed by atoms with E-state index < -0.39 is 6.03 Å². The SMILES string of the molecule is CCOc1cc(/C=N\NC(=O)Nc2ccccc2)cc(Br)c1OCCOc1cccc(C)c1. The molecule has 3 rings (SSSR count). The third kappa shape index (κ3) is 7.84. The molecule has 8 heteroatoms. The Balaban J connectivity index is 1.57. The molecule has 0 aromatic heterocycles. The van der Waals surface area contributed by atoms with Gasteiger partial charge in [0.05, 0.1) is 17.3 Å². The number of halogens is 1. The topological polar surface area (TPSA) is 81.2 Å². The first-order chi connectivity index (χ1) is 16.0. The Bertz CT molecular complexity index is 1090. The fraction of sp³-hybridized carbons (Fsp3) is 0.200. The number of anilines is 1. The molecule has 3 aromatic carbocycles. The van der Waals surface area contributed by atoms with Gasteiger partial charge in [0, 0.05) is 5.69 Å². The minimum atomic E-state index is -0.435. The van der Waals surface area contributed by atoms with E-state index in [2.05, 4.69) is 31.8 Å². The van der Waals surface area contributed by atoms with Crippen LogP contribution in [-0.2, 0) is 0 Å². The van der Waals surface area contributed by atoms with Gasteiger partial charge in [0.15, 0.2) is 11.5 Å². The molecule has 3 aromatic rings. The molecule has 0 spiro atoms. The highest BCUT2D eigenvalue weighted by Crippen LogP contribution is 2.36. The summed E-state index contributed by atoms with van der Waals surface area (Å²) in [6.45, 7) is 5.13. The number of para-hydroxylation sites is 1. The lowest BCUT2D eigenvalue weighted by Crippen LogP contribution is -2.24. The van der Waals surface area contributed by atoms with Gasteiger partial charge in [-0.05, 0) is 77.3 Å². The lowest BCUT2D eigenvalue weighted by molar-refractivity contribution is 0.207. The summed E-state index contributed by atoms with van der Waals surface area (Å²) < 4.78 is 18.1. The quantitative estimate of drug-likeness (QED) is 0.205. The molecular weight excluding hydrogens is 486 g/mol. The fourth-order valence-corrected chi connectivity index (χ4v) is 3.49. The predicted molar refractivity (Wildman–Crippen MR) is 134 cm³/mol. The van der Waals surface area contributed by atoms with Crippen molar-refractivity contribution >= 4 is 33.9 Å². The average molecular weight is 512 g/mol. The molecule has 0 saturated carbocycles. The maximum absolute atomic E-state index is 12.0. The molecule has 0 atom stereocenters. The van der Waals surface area contributed by atoms with E-state index in [1.807, 2.05) is 62.4 Å². The van der Waals surface area contributed by atoms with Crippen LogP contribution in [0.15, 0.2) is 76.3 Å². The largest absolute Gasteiger partial charge is 0.490 e. The van der Waals surface area contributed by atoms with Crippen LogP contribution in [0.2, 0.25) is 0 Å². The van der Waals surface area contributed by atoms with Crippen LogP contribution >= 0.6 is 15.9 Å². The Labute approximate surface area is 201 Å². The van der Waals surface area contributed by atoms with Crippen molar-refractivity contribution in [1.29, 1.82) is 0 Å². The average Bonchev–Trinajstić information content (AvgIpc) is 2.79. The van der Waals surface area contributed by atoms with Crippen molar-refractivity contribution in [2.45, 2.75) is 13.8 Å². The zero-order chi connectivity index (χ0) is 23.5. The number of carbonyl (C=O) groups excluding carboxylic acids is 1. The van der Waals surface area contributed by atoms with Crippen molar-refractivity contribution in [1.82, 2.24) is 5.43 Å². The van der Waals surface area contributed by atoms with Crippen LogP contribution in [0.5, 0.6) is 17.2 Å². The zero-order valence-electron chi connectivity index (χ0n) is 18.5. The number of hydrogen-bond acceptors (Lipinski definition) is 5. The van der Waals surface area contributed by atoms with Gasteiger partial charge in [0.25, 0.3) is 0 Å². The van der Waals surface area contributed by atoms with E-state index in [0.29, 0.717) is 41.5 Å². The maximum Gasteiger partial charge on any atom is 0.339 e. The van der Waals surface area contributed by atoms with Gasteiger partial charge < -0.3 is 19.5 Å². The number of nitrogens with one attached hydrogen (secondary N) is 2. The second-order valence-electron chi connectivity index (χ2n) is 6.97. The molecule has 0 aliphatic carbocycles. The molecule has 0 aliphatic heterocycles. The van der Waals surface area contributed by atoms with Gasteiger partial charge in [-0.1, -0.05) is 30.3 Å². The summed E-state index contributed by atoms with van der Waals surface area (Å²) in [7, 11) is 0. The Hall–Kier alpha value is -3.52. The fourth-order valence-electron chi connectivity index (χ4n) is 2.92. The molecule has 0 saturated heterocycles. The van der Waals surface area contributed by atoms with Crippen molar-refractivity contribution in [3.63, 3.8) is 0 Å². The molecular formula is C25H26BrN3O4. The lowest BCUT2D eigenvalue weighted by Gasteiger charge is -2.15. The summed E-state index contributed by atoms with van der Waals surface area (Å²) in [4.78, 5) is 12.0. The standard InChI is InChI=1S/C25H26BrN3O4/c1-3-31-23-16-19(17-27-29-25(30)28-20-9-5-4-6-10-20)15-22(26)24(23)33-13-12-32-21-11-7-8-18(2)14-21/h4-11,14-17H,3,12-13H2,1-2H3,(H2,28,29,30)/b27-17-. The normalized spacial score (nSPS) is 10.6. The number of nitrogens with zero attached hydrogens (tertiary/aromatic N) is 1. The van der Waals surface area contributed by atoms with E-state index >= 15 is 0 Å². The minimum Gasteiger partial charge on any atom is -0.490 e.